The van der Waals surface area contributed by atoms with Gasteiger partial charge in [0.25, 0.3) is 0 Å². The van der Waals surface area contributed by atoms with Crippen LogP contribution in [0.4, 0.5) is 0 Å². The topological polar surface area (TPSA) is 95.2 Å². The maximum absolute atomic E-state index is 12.2. The Morgan fingerprint density at radius 2 is 1.97 bits per heavy atom. The molecule has 1 unspecified atom stereocenters. The van der Waals surface area contributed by atoms with E-state index < -0.39 is 11.2 Å². The third-order valence-electron chi connectivity index (χ3n) is 4.56. The molecular weight excluding hydrogens is 402 g/mol. The second-order valence-electron chi connectivity index (χ2n) is 6.69. The molecule has 0 saturated carbocycles. The van der Waals surface area contributed by atoms with Crippen LogP contribution < -0.4 is 0 Å². The number of carbonyl (C=O) groups excluding carboxylic acids is 2. The lowest BCUT2D eigenvalue weighted by molar-refractivity contribution is -0.144. The highest BCUT2D eigenvalue weighted by Crippen LogP contribution is 2.36. The first-order valence-electron chi connectivity index (χ1n) is 9.43. The highest BCUT2D eigenvalue weighted by molar-refractivity contribution is 8.01. The minimum Gasteiger partial charge on any atom is -0.465 e. The van der Waals surface area contributed by atoms with Crippen LogP contribution in [0.5, 0.6) is 0 Å². The number of esters is 1. The first-order chi connectivity index (χ1) is 14.5. The number of ketones is 1. The summed E-state index contributed by atoms with van der Waals surface area (Å²) in [6.07, 6.45) is 1.40. The van der Waals surface area contributed by atoms with Gasteiger partial charge in [0, 0.05) is 5.56 Å². The number of furan rings is 1. The lowest BCUT2D eigenvalue weighted by Gasteiger charge is -2.11. The molecule has 0 N–H and O–H groups in total. The summed E-state index contributed by atoms with van der Waals surface area (Å²) in [5.41, 5.74) is 4.15. The fraction of sp³-hybridized carbons (Fsp3) is 0.227. The van der Waals surface area contributed by atoms with Crippen molar-refractivity contribution in [2.75, 3.05) is 6.61 Å². The van der Waals surface area contributed by atoms with Crippen LogP contribution in [0.25, 0.3) is 33.5 Å². The number of hydrogen-bond acceptors (Lipinski definition) is 8. The number of pyridine rings is 1. The molecule has 3 heterocycles. The number of aromatic nitrogens is 3. The second-order valence-corrected chi connectivity index (χ2v) is 7.78. The standard InChI is InChI=1S/C22H19N3O4S/c1-4-28-22(27)19(13(3)26)30-21-18-17(23-11-24-21)16-12(2)10-15(25-20(16)29-18)14-8-6-5-7-9-14/h5-11,19H,4H2,1-3H3. The molecule has 0 bridgehead atoms. The van der Waals surface area contributed by atoms with Crippen LogP contribution in [0.3, 0.4) is 0 Å². The zero-order valence-corrected chi connectivity index (χ0v) is 17.5. The van der Waals surface area contributed by atoms with Crippen molar-refractivity contribution in [3.63, 3.8) is 0 Å². The molecule has 4 aromatic rings. The average molecular weight is 421 g/mol. The van der Waals surface area contributed by atoms with Crippen molar-refractivity contribution >= 4 is 45.7 Å². The van der Waals surface area contributed by atoms with Gasteiger partial charge in [-0.1, -0.05) is 42.1 Å². The number of rotatable bonds is 6. The van der Waals surface area contributed by atoms with Crippen molar-refractivity contribution in [1.29, 1.82) is 0 Å². The lowest BCUT2D eigenvalue weighted by Crippen LogP contribution is -2.27. The SMILES string of the molecule is CCOC(=O)C(Sc1ncnc2c1oc1nc(-c3ccccc3)cc(C)c12)C(C)=O. The lowest BCUT2D eigenvalue weighted by atomic mass is 10.1. The van der Waals surface area contributed by atoms with Crippen molar-refractivity contribution < 1.29 is 18.7 Å². The van der Waals surface area contributed by atoms with Crippen molar-refractivity contribution in [3.8, 4) is 11.3 Å². The van der Waals surface area contributed by atoms with Gasteiger partial charge in [0.05, 0.1) is 17.7 Å². The van der Waals surface area contributed by atoms with Gasteiger partial charge >= 0.3 is 5.97 Å². The molecule has 0 saturated heterocycles. The first kappa shape index (κ1) is 20.0. The quantitative estimate of drug-likeness (QED) is 0.196. The molecule has 0 spiro atoms. The van der Waals surface area contributed by atoms with Crippen molar-refractivity contribution in [3.05, 3.63) is 48.3 Å². The van der Waals surface area contributed by atoms with E-state index in [0.29, 0.717) is 21.8 Å². The molecule has 30 heavy (non-hydrogen) atoms. The van der Waals surface area contributed by atoms with Gasteiger partial charge in [-0.2, -0.15) is 0 Å². The van der Waals surface area contributed by atoms with Gasteiger partial charge in [-0.25, -0.2) is 15.0 Å². The maximum Gasteiger partial charge on any atom is 0.327 e. The fourth-order valence-corrected chi connectivity index (χ4v) is 4.10. The van der Waals surface area contributed by atoms with Crippen LogP contribution in [0.2, 0.25) is 0 Å². The number of fused-ring (bicyclic) bond motifs is 3. The van der Waals surface area contributed by atoms with Crippen molar-refractivity contribution in [1.82, 2.24) is 15.0 Å². The van der Waals surface area contributed by atoms with Crippen LogP contribution >= 0.6 is 11.8 Å². The Balaban J connectivity index is 1.83. The van der Waals surface area contributed by atoms with Crippen LogP contribution in [0, 0.1) is 6.92 Å². The highest BCUT2D eigenvalue weighted by Gasteiger charge is 2.29. The molecule has 0 aliphatic rings. The number of carbonyl (C=O) groups is 2. The normalized spacial score (nSPS) is 12.2. The summed E-state index contributed by atoms with van der Waals surface area (Å²) >= 11 is 0.999. The summed E-state index contributed by atoms with van der Waals surface area (Å²) in [5.74, 6) is -0.916. The minimum absolute atomic E-state index is 0.193. The molecule has 0 aliphatic heterocycles. The van der Waals surface area contributed by atoms with E-state index in [-0.39, 0.29) is 12.4 Å². The molecule has 0 amide bonds. The summed E-state index contributed by atoms with van der Waals surface area (Å²) in [6, 6.07) is 11.8. The van der Waals surface area contributed by atoms with Crippen LogP contribution in [-0.2, 0) is 14.3 Å². The molecule has 1 atom stereocenters. The number of hydrogen-bond donors (Lipinski definition) is 0. The van der Waals surface area contributed by atoms with Crippen molar-refractivity contribution in [2.24, 2.45) is 0 Å². The minimum atomic E-state index is -1.02. The summed E-state index contributed by atoms with van der Waals surface area (Å²) < 4.78 is 11.1. The van der Waals surface area contributed by atoms with E-state index >= 15 is 0 Å². The van der Waals surface area contributed by atoms with E-state index in [1.54, 1.807) is 6.92 Å². The predicted molar refractivity (Wildman–Crippen MR) is 114 cm³/mol. The summed E-state index contributed by atoms with van der Waals surface area (Å²) in [4.78, 5) is 37.5. The monoisotopic (exact) mass is 421 g/mol. The number of aryl methyl sites for hydroxylation is 1. The Morgan fingerprint density at radius 3 is 2.67 bits per heavy atom. The third-order valence-corrected chi connectivity index (χ3v) is 5.83. The van der Waals surface area contributed by atoms with E-state index in [1.807, 2.05) is 43.3 Å². The van der Waals surface area contributed by atoms with Gasteiger partial charge in [0.1, 0.15) is 16.9 Å². The van der Waals surface area contributed by atoms with Gasteiger partial charge in [0.15, 0.2) is 16.6 Å². The molecule has 152 valence electrons. The molecule has 8 heteroatoms. The van der Waals surface area contributed by atoms with Gasteiger partial charge in [-0.05, 0) is 32.4 Å². The average Bonchev–Trinajstić information content (AvgIpc) is 3.12. The van der Waals surface area contributed by atoms with Gasteiger partial charge in [-0.15, -0.1) is 0 Å². The smallest absolute Gasteiger partial charge is 0.327 e. The zero-order chi connectivity index (χ0) is 21.3. The summed E-state index contributed by atoms with van der Waals surface area (Å²) in [7, 11) is 0. The predicted octanol–water partition coefficient (Wildman–Crippen LogP) is 4.36. The Labute approximate surface area is 176 Å². The highest BCUT2D eigenvalue weighted by atomic mass is 32.2. The summed E-state index contributed by atoms with van der Waals surface area (Å²) in [6.45, 7) is 5.21. The summed E-state index contributed by atoms with van der Waals surface area (Å²) in [5, 5.41) is 0.154. The number of thioether (sulfide) groups is 1. The number of ether oxygens (including phenoxy) is 1. The fourth-order valence-electron chi connectivity index (χ4n) is 3.20. The second kappa shape index (κ2) is 8.23. The Morgan fingerprint density at radius 1 is 1.20 bits per heavy atom. The van der Waals surface area contributed by atoms with E-state index in [9.17, 15) is 9.59 Å². The number of benzene rings is 1. The van der Waals surface area contributed by atoms with Gasteiger partial charge < -0.3 is 9.15 Å². The first-order valence-corrected chi connectivity index (χ1v) is 10.3. The zero-order valence-electron chi connectivity index (χ0n) is 16.7. The van der Waals surface area contributed by atoms with Gasteiger partial charge in [0.2, 0.25) is 5.71 Å². The van der Waals surface area contributed by atoms with Gasteiger partial charge in [-0.3, -0.25) is 9.59 Å². The molecule has 1 aromatic carbocycles. The van der Waals surface area contributed by atoms with E-state index in [1.165, 1.54) is 13.3 Å². The molecule has 7 nitrogen and oxygen atoms in total. The van der Waals surface area contributed by atoms with Crippen LogP contribution in [0.1, 0.15) is 19.4 Å². The van der Waals surface area contributed by atoms with E-state index in [0.717, 1.165) is 34.0 Å². The molecule has 3 aromatic heterocycles. The number of Topliss-reactive ketones (excluding diaryl/α,β-unsaturated/α-hetero) is 1. The molecule has 4 rings (SSSR count). The maximum atomic E-state index is 12.2. The Bertz CT molecular complexity index is 1250. The molecule has 0 fully saturated rings. The van der Waals surface area contributed by atoms with E-state index in [4.69, 9.17) is 9.15 Å². The molecule has 0 aliphatic carbocycles. The largest absolute Gasteiger partial charge is 0.465 e. The van der Waals surface area contributed by atoms with Crippen molar-refractivity contribution in [2.45, 2.75) is 31.0 Å². The van der Waals surface area contributed by atoms with E-state index in [2.05, 4.69) is 15.0 Å². The van der Waals surface area contributed by atoms with Crippen LogP contribution in [0.15, 0.2) is 52.2 Å². The molecule has 0 radical (unpaired) electrons. The molecular formula is C22H19N3O4S. The third kappa shape index (κ3) is 3.66. The Kier molecular flexibility index (Phi) is 5.50. The number of nitrogens with zero attached hydrogens (tertiary/aromatic N) is 3. The van der Waals surface area contributed by atoms with Crippen LogP contribution in [-0.4, -0.2) is 38.6 Å². The Hall–Kier alpha value is -3.26.